The molecule has 5 nitrogen and oxygen atoms in total. The largest absolute Gasteiger partial charge is 0.351 e. The normalized spacial score (nSPS) is 15.0. The first-order valence-corrected chi connectivity index (χ1v) is 13.6. The highest BCUT2D eigenvalue weighted by Crippen LogP contribution is 2.44. The maximum Gasteiger partial charge on any atom is 0.319 e. The maximum atomic E-state index is 13.7. The van der Waals surface area contributed by atoms with Crippen LogP contribution in [-0.4, -0.2) is 22.1 Å². The zero-order chi connectivity index (χ0) is 27.0. The van der Waals surface area contributed by atoms with Gasteiger partial charge in [0, 0.05) is 23.3 Å². The summed E-state index contributed by atoms with van der Waals surface area (Å²) in [5.74, 6) is 0.221. The molecule has 6 heteroatoms. The van der Waals surface area contributed by atoms with Crippen molar-refractivity contribution >= 4 is 22.8 Å². The van der Waals surface area contributed by atoms with Crippen LogP contribution in [0.25, 0.3) is 22.2 Å². The fraction of sp³-hybridized carbons (Fsp3) is 0.375. The summed E-state index contributed by atoms with van der Waals surface area (Å²) in [5.41, 5.74) is 11.8. The number of rotatable bonds is 7. The first-order valence-electron chi connectivity index (χ1n) is 13.6. The molecule has 1 saturated carbocycles. The Labute approximate surface area is 224 Å². The number of pyridine rings is 1. The van der Waals surface area contributed by atoms with E-state index in [4.69, 9.17) is 10.7 Å². The quantitative estimate of drug-likeness (QED) is 0.273. The van der Waals surface area contributed by atoms with Crippen LogP contribution in [-0.2, 0) is 5.54 Å². The molecule has 38 heavy (non-hydrogen) atoms. The number of primary amides is 1. The van der Waals surface area contributed by atoms with Gasteiger partial charge in [-0.3, -0.25) is 4.90 Å². The third-order valence-electron chi connectivity index (χ3n) is 8.09. The Balaban J connectivity index is 1.69. The van der Waals surface area contributed by atoms with Gasteiger partial charge in [-0.05, 0) is 65.6 Å². The topological polar surface area (TPSA) is 64.2 Å². The number of para-hydroxylation sites is 1. The molecule has 2 aromatic carbocycles. The molecule has 2 heterocycles. The molecule has 0 spiro atoms. The molecule has 5 rings (SSSR count). The van der Waals surface area contributed by atoms with Crippen LogP contribution in [0.15, 0.2) is 67.0 Å². The van der Waals surface area contributed by atoms with E-state index in [1.807, 2.05) is 29.3 Å². The van der Waals surface area contributed by atoms with E-state index in [9.17, 15) is 9.18 Å². The Morgan fingerprint density at radius 3 is 2.21 bits per heavy atom. The fourth-order valence-corrected chi connectivity index (χ4v) is 6.17. The van der Waals surface area contributed by atoms with Crippen LogP contribution >= 0.6 is 0 Å². The standard InChI is InChI=1S/C32H37FN4O/c1-21(2)25-9-7-10-26(22(3)4)29(25)36(31(34)38)20-32(16-5-6-17-32)37-19-28(23-12-14-24(33)15-13-23)27-11-8-18-35-30(27)37/h7-15,18-19,21-22H,5-6,16-17,20H2,1-4H3,(H2,34,38). The van der Waals surface area contributed by atoms with E-state index >= 15 is 0 Å². The van der Waals surface area contributed by atoms with Crippen molar-refractivity contribution in [3.63, 3.8) is 0 Å². The highest BCUT2D eigenvalue weighted by Gasteiger charge is 2.41. The molecular formula is C32H37FN4O. The highest BCUT2D eigenvalue weighted by molar-refractivity contribution is 5.95. The van der Waals surface area contributed by atoms with Crippen LogP contribution in [0.5, 0.6) is 0 Å². The Kier molecular flexibility index (Phi) is 6.99. The average molecular weight is 513 g/mol. The zero-order valence-corrected chi connectivity index (χ0v) is 22.7. The summed E-state index contributed by atoms with van der Waals surface area (Å²) in [5, 5.41) is 1.02. The van der Waals surface area contributed by atoms with Crippen molar-refractivity contribution in [1.29, 1.82) is 0 Å². The highest BCUT2D eigenvalue weighted by atomic mass is 19.1. The summed E-state index contributed by atoms with van der Waals surface area (Å²) in [6.07, 6.45) is 7.92. The van der Waals surface area contributed by atoms with E-state index in [0.717, 1.165) is 64.7 Å². The summed E-state index contributed by atoms with van der Waals surface area (Å²) in [6, 6.07) is 16.5. The predicted octanol–water partition coefficient (Wildman–Crippen LogP) is 7.94. The summed E-state index contributed by atoms with van der Waals surface area (Å²) >= 11 is 0. The van der Waals surface area contributed by atoms with Crippen molar-refractivity contribution < 1.29 is 9.18 Å². The van der Waals surface area contributed by atoms with E-state index in [1.165, 1.54) is 12.1 Å². The molecule has 2 aromatic heterocycles. The van der Waals surface area contributed by atoms with Crippen LogP contribution in [0.1, 0.15) is 76.3 Å². The number of amides is 2. The molecule has 1 fully saturated rings. The molecule has 0 radical (unpaired) electrons. The Bertz CT molecular complexity index is 1420. The second kappa shape index (κ2) is 10.2. The van der Waals surface area contributed by atoms with Gasteiger partial charge in [-0.2, -0.15) is 0 Å². The van der Waals surface area contributed by atoms with Gasteiger partial charge in [-0.1, -0.05) is 70.9 Å². The number of urea groups is 1. The van der Waals surface area contributed by atoms with Gasteiger partial charge in [-0.15, -0.1) is 0 Å². The molecule has 1 aliphatic carbocycles. The second-order valence-corrected chi connectivity index (χ2v) is 11.2. The second-order valence-electron chi connectivity index (χ2n) is 11.2. The van der Waals surface area contributed by atoms with Crippen LogP contribution in [0, 0.1) is 5.82 Å². The van der Waals surface area contributed by atoms with Gasteiger partial charge in [0.25, 0.3) is 0 Å². The van der Waals surface area contributed by atoms with Crippen molar-refractivity contribution in [3.05, 3.63) is 83.9 Å². The summed E-state index contributed by atoms with van der Waals surface area (Å²) in [7, 11) is 0. The first-order chi connectivity index (χ1) is 18.2. The fourth-order valence-electron chi connectivity index (χ4n) is 6.17. The number of hydrogen-bond donors (Lipinski definition) is 1. The SMILES string of the molecule is CC(C)c1cccc(C(C)C)c1N(CC1(n2cc(-c3ccc(F)cc3)c3cccnc32)CCCC1)C(N)=O. The van der Waals surface area contributed by atoms with Crippen LogP contribution < -0.4 is 10.6 Å². The number of nitrogens with two attached hydrogens (primary N) is 1. The predicted molar refractivity (Wildman–Crippen MR) is 153 cm³/mol. The smallest absolute Gasteiger partial charge is 0.319 e. The lowest BCUT2D eigenvalue weighted by molar-refractivity contribution is 0.245. The number of nitrogens with zero attached hydrogens (tertiary/aromatic N) is 3. The molecule has 198 valence electrons. The Morgan fingerprint density at radius 1 is 1.00 bits per heavy atom. The first kappa shape index (κ1) is 26.0. The van der Waals surface area contributed by atoms with E-state index < -0.39 is 6.03 Å². The van der Waals surface area contributed by atoms with Crippen LogP contribution in [0.4, 0.5) is 14.9 Å². The van der Waals surface area contributed by atoms with Crippen molar-refractivity contribution in [1.82, 2.24) is 9.55 Å². The van der Waals surface area contributed by atoms with Crippen molar-refractivity contribution in [2.24, 2.45) is 5.73 Å². The Hall–Kier alpha value is -3.67. The number of hydrogen-bond acceptors (Lipinski definition) is 2. The molecule has 0 bridgehead atoms. The zero-order valence-electron chi connectivity index (χ0n) is 22.7. The molecule has 2 amide bonds. The molecule has 2 N–H and O–H groups in total. The van der Waals surface area contributed by atoms with Crippen LogP contribution in [0.2, 0.25) is 0 Å². The summed E-state index contributed by atoms with van der Waals surface area (Å²) < 4.78 is 16.0. The van der Waals surface area contributed by atoms with E-state index in [-0.39, 0.29) is 23.2 Å². The molecule has 0 atom stereocenters. The number of carbonyl (C=O) groups is 1. The number of fused-ring (bicyclic) bond motifs is 1. The Morgan fingerprint density at radius 2 is 1.63 bits per heavy atom. The van der Waals surface area contributed by atoms with Gasteiger partial charge in [0.15, 0.2) is 0 Å². The molecule has 1 aliphatic rings. The van der Waals surface area contributed by atoms with Crippen LogP contribution in [0.3, 0.4) is 0 Å². The van der Waals surface area contributed by atoms with Crippen molar-refractivity contribution in [3.8, 4) is 11.1 Å². The minimum atomic E-state index is -0.436. The number of anilines is 1. The molecule has 0 aliphatic heterocycles. The van der Waals surface area contributed by atoms with Crippen molar-refractivity contribution in [2.75, 3.05) is 11.4 Å². The summed E-state index contributed by atoms with van der Waals surface area (Å²) in [4.78, 5) is 19.8. The van der Waals surface area contributed by atoms with Gasteiger partial charge < -0.3 is 10.3 Å². The molecule has 4 aromatic rings. The van der Waals surface area contributed by atoms with Gasteiger partial charge in [-0.25, -0.2) is 14.2 Å². The van der Waals surface area contributed by atoms with Gasteiger partial charge in [0.05, 0.1) is 17.8 Å². The van der Waals surface area contributed by atoms with E-state index in [2.05, 4.69) is 62.7 Å². The van der Waals surface area contributed by atoms with Gasteiger partial charge >= 0.3 is 6.03 Å². The number of benzene rings is 2. The average Bonchev–Trinajstić information content (AvgIpc) is 3.53. The van der Waals surface area contributed by atoms with E-state index in [1.54, 1.807) is 0 Å². The lowest BCUT2D eigenvalue weighted by Gasteiger charge is -2.38. The van der Waals surface area contributed by atoms with E-state index in [0.29, 0.717) is 6.54 Å². The minimum Gasteiger partial charge on any atom is -0.351 e. The van der Waals surface area contributed by atoms with Gasteiger partial charge in [0.2, 0.25) is 0 Å². The summed E-state index contributed by atoms with van der Waals surface area (Å²) in [6.45, 7) is 9.10. The lowest BCUT2D eigenvalue weighted by atomic mass is 9.90. The van der Waals surface area contributed by atoms with Gasteiger partial charge in [0.1, 0.15) is 11.5 Å². The number of aromatic nitrogens is 2. The third-order valence-corrected chi connectivity index (χ3v) is 8.09. The minimum absolute atomic E-state index is 0.240. The monoisotopic (exact) mass is 512 g/mol. The number of carbonyl (C=O) groups excluding carboxylic acids is 1. The molecule has 0 unspecified atom stereocenters. The lowest BCUT2D eigenvalue weighted by Crippen LogP contribution is -2.48. The molecular weight excluding hydrogens is 475 g/mol. The molecule has 0 saturated heterocycles. The van der Waals surface area contributed by atoms with Crippen molar-refractivity contribution in [2.45, 2.75) is 70.8 Å². The number of halogens is 1. The third kappa shape index (κ3) is 4.57. The maximum absolute atomic E-state index is 13.7.